The Morgan fingerprint density at radius 2 is 1.65 bits per heavy atom. The van der Waals surface area contributed by atoms with E-state index in [1.165, 1.54) is 7.11 Å². The van der Waals surface area contributed by atoms with Gasteiger partial charge in [0.15, 0.2) is 12.6 Å². The lowest BCUT2D eigenvalue weighted by Crippen LogP contribution is -2.60. The topological polar surface area (TPSA) is 160 Å². The second kappa shape index (κ2) is 17.5. The summed E-state index contributed by atoms with van der Waals surface area (Å²) in [6, 6.07) is -0.415. The van der Waals surface area contributed by atoms with Crippen LogP contribution in [0.1, 0.15) is 94.9 Å². The fourth-order valence-electron chi connectivity index (χ4n) is 8.33. The lowest BCUT2D eigenvalue weighted by Gasteiger charge is -2.49. The molecule has 4 N–H and O–H groups in total. The maximum atomic E-state index is 14.1. The highest BCUT2D eigenvalue weighted by Gasteiger charge is 2.51. The number of cyclic esters (lactones) is 1. The number of likely N-dealkylation sites (N-methyl/N-ethyl adjacent to an activating group) is 2. The van der Waals surface area contributed by atoms with E-state index in [1.807, 2.05) is 60.7 Å². The Morgan fingerprint density at radius 1 is 1.02 bits per heavy atom. The van der Waals surface area contributed by atoms with Gasteiger partial charge in [0.25, 0.3) is 0 Å². The fraction of sp³-hybridized carbons (Fsp3) is 0.921. The minimum Gasteiger partial charge on any atom is -0.459 e. The number of hydrogen-bond donors (Lipinski definition) is 4. The van der Waals surface area contributed by atoms with Crippen LogP contribution in [0.2, 0.25) is 0 Å². The van der Waals surface area contributed by atoms with Crippen LogP contribution < -0.4 is 0 Å². The third-order valence-electron chi connectivity index (χ3n) is 11.6. The van der Waals surface area contributed by atoms with Crippen LogP contribution in [-0.2, 0) is 33.2 Å². The van der Waals surface area contributed by atoms with E-state index in [4.69, 9.17) is 28.4 Å². The number of aliphatic hydroxyl groups excluding tert-OH is 2. The first-order valence-electron chi connectivity index (χ1n) is 18.7. The average Bonchev–Trinajstić information content (AvgIpc) is 3.02. The van der Waals surface area contributed by atoms with Gasteiger partial charge in [-0.25, -0.2) is 0 Å². The number of carbonyl (C=O) groups is 1. The largest absolute Gasteiger partial charge is 0.459 e. The summed E-state index contributed by atoms with van der Waals surface area (Å²) in [7, 11) is 7.27. The zero-order valence-electron chi connectivity index (χ0n) is 33.7. The van der Waals surface area contributed by atoms with Crippen LogP contribution >= 0.6 is 0 Å². The summed E-state index contributed by atoms with van der Waals surface area (Å²) in [5.74, 6) is -2.25. The summed E-state index contributed by atoms with van der Waals surface area (Å²) in [6.45, 7) is 18.6. The first-order chi connectivity index (χ1) is 23.5. The Bertz CT molecular complexity index is 1170. The fourth-order valence-corrected chi connectivity index (χ4v) is 8.33. The standard InChI is InChI=1S/C38H70N2O11/c1-15-28-36(8,44)17-21(2)20-40(13)22(3)18-37(9,45)33(51-35-30(41)27(39(11)12)16-23(4)47-35)24(5)31(25(6)34(43)49-28)50-29-19-38(10,46-14)32(42)26(7)48-29/h17,22-33,35,41-42,44-45H,15-16,18-20H2,1-14H3/t22-,23-,24+,25-,26+,27+,28-,29+,30-,31+,32+,33-,35+,36+,37-,38-/m1/s1. The Labute approximate surface area is 306 Å². The van der Waals surface area contributed by atoms with Crippen LogP contribution in [-0.4, -0.2) is 155 Å². The highest BCUT2D eigenvalue weighted by Crippen LogP contribution is 2.39. The zero-order chi connectivity index (χ0) is 38.8. The van der Waals surface area contributed by atoms with Crippen LogP contribution in [0.3, 0.4) is 0 Å². The molecule has 0 unspecified atom stereocenters. The molecule has 0 spiro atoms. The summed E-state index contributed by atoms with van der Waals surface area (Å²) in [6.07, 6.45) is -4.55. The van der Waals surface area contributed by atoms with Crippen LogP contribution in [0, 0.1) is 11.8 Å². The molecule has 0 aromatic carbocycles. The summed E-state index contributed by atoms with van der Waals surface area (Å²) >= 11 is 0. The molecule has 0 saturated carbocycles. The molecule has 16 atom stereocenters. The molecular formula is C38H70N2O11. The second-order valence-electron chi connectivity index (χ2n) is 16.7. The normalized spacial score (nSPS) is 47.3. The summed E-state index contributed by atoms with van der Waals surface area (Å²) in [5.41, 5.74) is -3.10. The number of methoxy groups -OCH3 is 1. The van der Waals surface area contributed by atoms with Gasteiger partial charge < -0.3 is 53.7 Å². The number of esters is 1. The molecule has 2 saturated heterocycles. The lowest BCUT2D eigenvalue weighted by molar-refractivity contribution is -0.318. The van der Waals surface area contributed by atoms with Gasteiger partial charge in [0.2, 0.25) is 0 Å². The molecule has 13 nitrogen and oxygen atoms in total. The van der Waals surface area contributed by atoms with Gasteiger partial charge in [0.1, 0.15) is 23.9 Å². The van der Waals surface area contributed by atoms with Crippen molar-refractivity contribution in [2.75, 3.05) is 34.8 Å². The van der Waals surface area contributed by atoms with Crippen molar-refractivity contribution in [3.05, 3.63) is 11.6 Å². The zero-order valence-corrected chi connectivity index (χ0v) is 33.7. The van der Waals surface area contributed by atoms with Crippen molar-refractivity contribution in [1.29, 1.82) is 0 Å². The van der Waals surface area contributed by atoms with Gasteiger partial charge in [-0.2, -0.15) is 0 Å². The van der Waals surface area contributed by atoms with Crippen LogP contribution in [0.4, 0.5) is 0 Å². The van der Waals surface area contributed by atoms with Crippen LogP contribution in [0.5, 0.6) is 0 Å². The SMILES string of the molecule is CC[C@H]1OC(=O)[C@H](C)[C@@H](O[C@H]2C[C@@](C)(OC)[C@@H](O)[C@H](C)O2)[C@H](C)[C@@H](O[C@@H]2O[C@H](C)C[C@H](N(C)C)[C@H]2O)[C@](C)(O)C[C@@H](C)N(C)CC(C)=C[C@]1(C)O. The van der Waals surface area contributed by atoms with E-state index in [-0.39, 0.29) is 31.0 Å². The molecule has 2 fully saturated rings. The number of hydrogen-bond acceptors (Lipinski definition) is 13. The van der Waals surface area contributed by atoms with Gasteiger partial charge in [-0.1, -0.05) is 19.4 Å². The number of aliphatic hydroxyl groups is 4. The smallest absolute Gasteiger partial charge is 0.311 e. The van der Waals surface area contributed by atoms with E-state index in [0.29, 0.717) is 19.4 Å². The molecule has 3 heterocycles. The minimum atomic E-state index is -1.52. The molecule has 0 aliphatic carbocycles. The second-order valence-corrected chi connectivity index (χ2v) is 16.7. The summed E-state index contributed by atoms with van der Waals surface area (Å²) in [4.78, 5) is 18.2. The molecule has 0 aromatic rings. The highest BCUT2D eigenvalue weighted by atomic mass is 16.7. The molecule has 3 aliphatic heterocycles. The van der Waals surface area contributed by atoms with Crippen molar-refractivity contribution in [2.45, 2.75) is 179 Å². The molecule has 3 rings (SSSR count). The predicted molar refractivity (Wildman–Crippen MR) is 193 cm³/mol. The highest BCUT2D eigenvalue weighted by molar-refractivity contribution is 5.73. The molecule has 0 aromatic heterocycles. The van der Waals surface area contributed by atoms with Gasteiger partial charge in [-0.3, -0.25) is 9.69 Å². The monoisotopic (exact) mass is 730 g/mol. The summed E-state index contributed by atoms with van der Waals surface area (Å²) < 4.78 is 37.6. The third kappa shape index (κ3) is 10.5. The van der Waals surface area contributed by atoms with Gasteiger partial charge in [0.05, 0.1) is 41.5 Å². The van der Waals surface area contributed by atoms with E-state index in [1.54, 1.807) is 40.7 Å². The Balaban J connectivity index is 2.17. The molecule has 0 amide bonds. The van der Waals surface area contributed by atoms with Crippen molar-refractivity contribution >= 4 is 5.97 Å². The van der Waals surface area contributed by atoms with Gasteiger partial charge in [0, 0.05) is 38.1 Å². The Hall–Kier alpha value is -1.23. The van der Waals surface area contributed by atoms with Crippen LogP contribution in [0.25, 0.3) is 0 Å². The number of rotatable bonds is 7. The summed E-state index contributed by atoms with van der Waals surface area (Å²) in [5, 5.41) is 46.5. The van der Waals surface area contributed by atoms with Crippen molar-refractivity contribution in [3.63, 3.8) is 0 Å². The first-order valence-corrected chi connectivity index (χ1v) is 18.7. The lowest BCUT2D eigenvalue weighted by atomic mass is 9.78. The molecule has 0 radical (unpaired) electrons. The van der Waals surface area contributed by atoms with E-state index in [0.717, 1.165) is 5.57 Å². The maximum Gasteiger partial charge on any atom is 0.311 e. The number of carbonyl (C=O) groups excluding carboxylic acids is 1. The van der Waals surface area contributed by atoms with Gasteiger partial charge >= 0.3 is 5.97 Å². The van der Waals surface area contributed by atoms with Crippen molar-refractivity contribution < 1.29 is 53.6 Å². The molecule has 0 bridgehead atoms. The van der Waals surface area contributed by atoms with E-state index in [9.17, 15) is 25.2 Å². The number of ether oxygens (including phenoxy) is 6. The van der Waals surface area contributed by atoms with Crippen molar-refractivity contribution in [2.24, 2.45) is 11.8 Å². The first kappa shape index (κ1) is 44.2. The quantitative estimate of drug-likeness (QED) is 0.224. The minimum absolute atomic E-state index is 0.159. The van der Waals surface area contributed by atoms with E-state index >= 15 is 0 Å². The number of nitrogens with zero attached hydrogens (tertiary/aromatic N) is 2. The van der Waals surface area contributed by atoms with E-state index in [2.05, 4.69) is 4.90 Å². The van der Waals surface area contributed by atoms with Crippen molar-refractivity contribution in [1.82, 2.24) is 9.80 Å². The maximum absolute atomic E-state index is 14.1. The predicted octanol–water partition coefficient (Wildman–Crippen LogP) is 2.85. The van der Waals surface area contributed by atoms with Gasteiger partial charge in [-0.05, 0) is 102 Å². The molecule has 298 valence electrons. The van der Waals surface area contributed by atoms with Crippen LogP contribution in [0.15, 0.2) is 11.6 Å². The van der Waals surface area contributed by atoms with Crippen molar-refractivity contribution in [3.8, 4) is 0 Å². The third-order valence-corrected chi connectivity index (χ3v) is 11.6. The molecular weight excluding hydrogens is 660 g/mol. The average molecular weight is 731 g/mol. The Kier molecular flexibility index (Phi) is 15.1. The van der Waals surface area contributed by atoms with E-state index < -0.39 is 83.8 Å². The molecule has 51 heavy (non-hydrogen) atoms. The molecule has 13 heteroatoms. The Morgan fingerprint density at radius 3 is 2.22 bits per heavy atom. The molecule has 3 aliphatic rings. The van der Waals surface area contributed by atoms with Gasteiger partial charge in [-0.15, -0.1) is 0 Å².